The zero-order valence-electron chi connectivity index (χ0n) is 21.4. The molecule has 2 aromatic carbocycles. The van der Waals surface area contributed by atoms with E-state index in [9.17, 15) is 30.0 Å². The molecule has 2 aliphatic carbocycles. The molecule has 0 aliphatic heterocycles. The molecule has 4 rings (SSSR count). The lowest BCUT2D eigenvalue weighted by atomic mass is 9.51. The Morgan fingerprint density at radius 2 is 1.53 bits per heavy atom. The zero-order chi connectivity index (χ0) is 26.4. The van der Waals surface area contributed by atoms with Crippen LogP contribution < -0.4 is 0 Å². The number of hydrogen-bond donors (Lipinski definition) is 4. The highest BCUT2D eigenvalue weighted by molar-refractivity contribution is 5.95. The highest BCUT2D eigenvalue weighted by Crippen LogP contribution is 2.61. The number of phenols is 3. The maximum Gasteiger partial charge on any atom is 0.157 e. The number of rotatable bonds is 6. The van der Waals surface area contributed by atoms with E-state index in [0.717, 1.165) is 31.2 Å². The highest BCUT2D eigenvalue weighted by atomic mass is 16.3. The Hall–Kier alpha value is -3.12. The summed E-state index contributed by atoms with van der Waals surface area (Å²) in [4.78, 5) is 23.7. The van der Waals surface area contributed by atoms with Gasteiger partial charge in [-0.25, -0.2) is 0 Å². The van der Waals surface area contributed by atoms with E-state index < -0.39 is 39.9 Å². The monoisotopic (exact) mass is 492 g/mol. The van der Waals surface area contributed by atoms with Crippen LogP contribution in [0.25, 0.3) is 0 Å². The van der Waals surface area contributed by atoms with Gasteiger partial charge in [0.15, 0.2) is 12.6 Å². The number of aldehydes is 2. The van der Waals surface area contributed by atoms with E-state index in [-0.39, 0.29) is 22.8 Å². The first-order valence-corrected chi connectivity index (χ1v) is 12.7. The van der Waals surface area contributed by atoms with Crippen LogP contribution in [0.4, 0.5) is 0 Å². The average Bonchev–Trinajstić information content (AvgIpc) is 2.83. The van der Waals surface area contributed by atoms with Crippen LogP contribution in [0.1, 0.15) is 91.1 Å². The zero-order valence-corrected chi connectivity index (χ0v) is 21.4. The maximum atomic E-state index is 11.8. The van der Waals surface area contributed by atoms with Gasteiger partial charge in [-0.1, -0.05) is 55.8 Å². The van der Waals surface area contributed by atoms with Crippen LogP contribution in [0.3, 0.4) is 0 Å². The van der Waals surface area contributed by atoms with Crippen molar-refractivity contribution in [1.29, 1.82) is 0 Å². The van der Waals surface area contributed by atoms with Crippen LogP contribution in [0, 0.1) is 23.2 Å². The Kier molecular flexibility index (Phi) is 6.78. The van der Waals surface area contributed by atoms with E-state index in [2.05, 4.69) is 19.9 Å². The number of allylic oxidation sites excluding steroid dienone is 1. The summed E-state index contributed by atoms with van der Waals surface area (Å²) in [6.45, 7) is 8.09. The minimum absolute atomic E-state index is 0.0239. The third-order valence-corrected chi connectivity index (χ3v) is 8.82. The van der Waals surface area contributed by atoms with Gasteiger partial charge in [-0.15, -0.1) is 0 Å². The number of aromatic hydroxyl groups is 3. The van der Waals surface area contributed by atoms with Crippen molar-refractivity contribution in [2.75, 3.05) is 0 Å². The molecule has 0 bridgehead atoms. The Bertz CT molecular complexity index is 1160. The lowest BCUT2D eigenvalue weighted by Gasteiger charge is -2.53. The number of phenolic OH excluding ortho intramolecular Hbond substituents is 3. The van der Waals surface area contributed by atoms with Crippen molar-refractivity contribution in [3.63, 3.8) is 0 Å². The van der Waals surface area contributed by atoms with E-state index in [1.807, 2.05) is 44.2 Å². The Balaban J connectivity index is 1.98. The molecule has 36 heavy (non-hydrogen) atoms. The third kappa shape index (κ3) is 4.11. The number of benzene rings is 2. The van der Waals surface area contributed by atoms with E-state index in [1.165, 1.54) is 5.57 Å². The normalized spacial score (nSPS) is 27.0. The minimum atomic E-state index is -0.842. The molecule has 1 saturated carbocycles. The molecule has 2 aromatic rings. The van der Waals surface area contributed by atoms with Gasteiger partial charge in [0.05, 0.1) is 16.7 Å². The van der Waals surface area contributed by atoms with Gasteiger partial charge in [-0.05, 0) is 62.3 Å². The molecule has 2 aliphatic rings. The van der Waals surface area contributed by atoms with Crippen LogP contribution in [-0.4, -0.2) is 38.6 Å². The molecule has 0 radical (unpaired) electrons. The summed E-state index contributed by atoms with van der Waals surface area (Å²) in [7, 11) is 0. The SMILES string of the molecule is CC1CCC(C(c2ccccc2)c2c(O)c(C=O)c(O)c(C=O)c2O)C2(C)CCC(C(C)(C)O)C=C12. The second-order valence-corrected chi connectivity index (χ2v) is 11.3. The van der Waals surface area contributed by atoms with Crippen molar-refractivity contribution in [3.8, 4) is 17.2 Å². The molecule has 5 unspecified atom stereocenters. The van der Waals surface area contributed by atoms with Gasteiger partial charge in [0, 0.05) is 17.4 Å². The van der Waals surface area contributed by atoms with E-state index in [1.54, 1.807) is 0 Å². The van der Waals surface area contributed by atoms with Crippen LogP contribution in [-0.2, 0) is 0 Å². The summed E-state index contributed by atoms with van der Waals surface area (Å²) in [6.07, 6.45) is 6.14. The van der Waals surface area contributed by atoms with Crippen LogP contribution in [0.15, 0.2) is 42.0 Å². The fraction of sp³-hybridized carbons (Fsp3) is 0.467. The van der Waals surface area contributed by atoms with Gasteiger partial charge in [0.2, 0.25) is 0 Å². The Morgan fingerprint density at radius 1 is 0.944 bits per heavy atom. The maximum absolute atomic E-state index is 11.8. The van der Waals surface area contributed by atoms with Crippen LogP contribution in [0.2, 0.25) is 0 Å². The molecule has 0 heterocycles. The molecule has 5 atom stereocenters. The molecule has 0 aromatic heterocycles. The van der Waals surface area contributed by atoms with Crippen molar-refractivity contribution in [3.05, 3.63) is 64.2 Å². The number of carbonyl (C=O) groups excluding carboxylic acids is 2. The standard InChI is InChI=1S/C30H36O6/c1-17-10-11-22(30(4)13-12-19(14-23(17)30)29(2,3)36)24(18-8-6-5-7-9-18)25-27(34)20(15-31)26(33)21(16-32)28(25)35/h5-9,14-17,19,22,24,33-36H,10-13H2,1-4H3. The molecule has 0 saturated heterocycles. The number of hydrogen-bond acceptors (Lipinski definition) is 6. The topological polar surface area (TPSA) is 115 Å². The minimum Gasteiger partial charge on any atom is -0.507 e. The van der Waals surface area contributed by atoms with E-state index in [0.29, 0.717) is 18.5 Å². The van der Waals surface area contributed by atoms with Crippen molar-refractivity contribution < 1.29 is 30.0 Å². The smallest absolute Gasteiger partial charge is 0.157 e. The summed E-state index contributed by atoms with van der Waals surface area (Å²) in [5.74, 6) is -2.01. The summed E-state index contributed by atoms with van der Waals surface area (Å²) in [5, 5.41) is 43.5. The van der Waals surface area contributed by atoms with Crippen LogP contribution >= 0.6 is 0 Å². The van der Waals surface area contributed by atoms with Crippen molar-refractivity contribution in [2.45, 2.75) is 64.9 Å². The molecule has 6 heteroatoms. The lowest BCUT2D eigenvalue weighted by Crippen LogP contribution is -2.45. The van der Waals surface area contributed by atoms with Gasteiger partial charge >= 0.3 is 0 Å². The number of aliphatic hydroxyl groups is 1. The third-order valence-electron chi connectivity index (χ3n) is 8.82. The molecular formula is C30H36O6. The molecule has 1 fully saturated rings. The van der Waals surface area contributed by atoms with Gasteiger partial charge in [0.25, 0.3) is 0 Å². The fourth-order valence-corrected chi connectivity index (χ4v) is 6.76. The predicted octanol–water partition coefficient (Wildman–Crippen LogP) is 5.72. The summed E-state index contributed by atoms with van der Waals surface area (Å²) in [6, 6.07) is 9.49. The molecule has 0 amide bonds. The lowest BCUT2D eigenvalue weighted by molar-refractivity contribution is 0.0118. The predicted molar refractivity (Wildman–Crippen MR) is 138 cm³/mol. The fourth-order valence-electron chi connectivity index (χ4n) is 6.76. The number of fused-ring (bicyclic) bond motifs is 1. The molecule has 6 nitrogen and oxygen atoms in total. The summed E-state index contributed by atoms with van der Waals surface area (Å²) < 4.78 is 0. The van der Waals surface area contributed by atoms with Crippen molar-refractivity contribution >= 4 is 12.6 Å². The first-order chi connectivity index (χ1) is 17.0. The van der Waals surface area contributed by atoms with Gasteiger partial charge < -0.3 is 20.4 Å². The van der Waals surface area contributed by atoms with Gasteiger partial charge in [-0.2, -0.15) is 0 Å². The second kappa shape index (κ2) is 9.40. The highest BCUT2D eigenvalue weighted by Gasteiger charge is 2.51. The van der Waals surface area contributed by atoms with E-state index >= 15 is 0 Å². The van der Waals surface area contributed by atoms with Crippen molar-refractivity contribution in [2.24, 2.45) is 23.2 Å². The van der Waals surface area contributed by atoms with Crippen LogP contribution in [0.5, 0.6) is 17.2 Å². The summed E-state index contributed by atoms with van der Waals surface area (Å²) >= 11 is 0. The van der Waals surface area contributed by atoms with Gasteiger partial charge in [0.1, 0.15) is 17.2 Å². The first kappa shape index (κ1) is 26.0. The molecule has 192 valence electrons. The Morgan fingerprint density at radius 3 is 2.06 bits per heavy atom. The average molecular weight is 493 g/mol. The molecule has 0 spiro atoms. The second-order valence-electron chi connectivity index (χ2n) is 11.3. The van der Waals surface area contributed by atoms with E-state index in [4.69, 9.17) is 0 Å². The quantitative estimate of drug-likeness (QED) is 0.303. The molecule has 4 N–H and O–H groups in total. The first-order valence-electron chi connectivity index (χ1n) is 12.7. The number of carbonyl (C=O) groups is 2. The summed E-state index contributed by atoms with van der Waals surface area (Å²) in [5.41, 5.74) is 0.246. The van der Waals surface area contributed by atoms with Gasteiger partial charge in [-0.3, -0.25) is 9.59 Å². The largest absolute Gasteiger partial charge is 0.507 e. The van der Waals surface area contributed by atoms with Crippen molar-refractivity contribution in [1.82, 2.24) is 0 Å². The Labute approximate surface area is 212 Å². The molecular weight excluding hydrogens is 456 g/mol.